The molecule has 1 aromatic carbocycles. The summed E-state index contributed by atoms with van der Waals surface area (Å²) in [5.74, 6) is 0.852. The molecular formula is C11H15NO2. The normalized spacial score (nSPS) is 21.1. The van der Waals surface area contributed by atoms with E-state index in [1.807, 2.05) is 24.3 Å². The molecule has 14 heavy (non-hydrogen) atoms. The van der Waals surface area contributed by atoms with Crippen molar-refractivity contribution in [2.24, 2.45) is 0 Å². The molecule has 1 saturated heterocycles. The Hall–Kier alpha value is -1.06. The SMILES string of the molecule is OCc1cccc(O[C@@H]2CCNC2)c1. The number of nitrogens with one attached hydrogen (secondary N) is 1. The maximum Gasteiger partial charge on any atom is 0.120 e. The molecule has 3 heteroatoms. The third-order valence-corrected chi connectivity index (χ3v) is 2.40. The summed E-state index contributed by atoms with van der Waals surface area (Å²) in [6, 6.07) is 7.61. The fourth-order valence-corrected chi connectivity index (χ4v) is 1.64. The van der Waals surface area contributed by atoms with Gasteiger partial charge in [0.15, 0.2) is 0 Å². The first-order chi connectivity index (χ1) is 6.88. The number of hydrogen-bond donors (Lipinski definition) is 2. The van der Waals surface area contributed by atoms with E-state index in [-0.39, 0.29) is 12.7 Å². The van der Waals surface area contributed by atoms with Gasteiger partial charge >= 0.3 is 0 Å². The van der Waals surface area contributed by atoms with Gasteiger partial charge in [-0.2, -0.15) is 0 Å². The van der Waals surface area contributed by atoms with Crippen molar-refractivity contribution in [3.8, 4) is 5.75 Å². The summed E-state index contributed by atoms with van der Waals surface area (Å²) in [5, 5.41) is 12.2. The van der Waals surface area contributed by atoms with Crippen LogP contribution < -0.4 is 10.1 Å². The number of aliphatic hydroxyl groups is 1. The Morgan fingerprint density at radius 2 is 2.43 bits per heavy atom. The van der Waals surface area contributed by atoms with Gasteiger partial charge in [-0.25, -0.2) is 0 Å². The average Bonchev–Trinajstić information content (AvgIpc) is 2.71. The van der Waals surface area contributed by atoms with E-state index in [0.717, 1.165) is 30.8 Å². The zero-order chi connectivity index (χ0) is 9.80. The van der Waals surface area contributed by atoms with Gasteiger partial charge in [-0.3, -0.25) is 0 Å². The van der Waals surface area contributed by atoms with E-state index < -0.39 is 0 Å². The van der Waals surface area contributed by atoms with E-state index in [0.29, 0.717) is 0 Å². The van der Waals surface area contributed by atoms with Crippen molar-refractivity contribution < 1.29 is 9.84 Å². The molecule has 0 spiro atoms. The highest BCUT2D eigenvalue weighted by Crippen LogP contribution is 2.16. The molecule has 1 atom stereocenters. The van der Waals surface area contributed by atoms with Crippen molar-refractivity contribution >= 4 is 0 Å². The third-order valence-electron chi connectivity index (χ3n) is 2.40. The van der Waals surface area contributed by atoms with E-state index in [2.05, 4.69) is 5.32 Å². The van der Waals surface area contributed by atoms with Crippen LogP contribution >= 0.6 is 0 Å². The topological polar surface area (TPSA) is 41.5 Å². The predicted molar refractivity (Wildman–Crippen MR) is 54.3 cm³/mol. The van der Waals surface area contributed by atoms with E-state index in [9.17, 15) is 0 Å². The molecule has 0 unspecified atom stereocenters. The molecule has 0 aromatic heterocycles. The summed E-state index contributed by atoms with van der Waals surface area (Å²) in [4.78, 5) is 0. The van der Waals surface area contributed by atoms with Gasteiger partial charge < -0.3 is 15.2 Å². The van der Waals surface area contributed by atoms with Crippen molar-refractivity contribution in [3.63, 3.8) is 0 Å². The van der Waals surface area contributed by atoms with Gasteiger partial charge in [-0.1, -0.05) is 12.1 Å². The van der Waals surface area contributed by atoms with Crippen LogP contribution in [0, 0.1) is 0 Å². The zero-order valence-corrected chi connectivity index (χ0v) is 8.07. The number of aliphatic hydroxyl groups excluding tert-OH is 1. The predicted octanol–water partition coefficient (Wildman–Crippen LogP) is 0.920. The fourth-order valence-electron chi connectivity index (χ4n) is 1.64. The third kappa shape index (κ3) is 2.25. The molecule has 1 aromatic rings. The van der Waals surface area contributed by atoms with Gasteiger partial charge in [0.25, 0.3) is 0 Å². The highest BCUT2D eigenvalue weighted by molar-refractivity contribution is 5.28. The van der Waals surface area contributed by atoms with Gasteiger partial charge in [-0.05, 0) is 30.7 Å². The Balaban J connectivity index is 2.00. The van der Waals surface area contributed by atoms with Crippen molar-refractivity contribution in [3.05, 3.63) is 29.8 Å². The summed E-state index contributed by atoms with van der Waals surface area (Å²) in [5.41, 5.74) is 0.897. The minimum absolute atomic E-state index is 0.0696. The summed E-state index contributed by atoms with van der Waals surface area (Å²) in [6.45, 7) is 2.02. The van der Waals surface area contributed by atoms with Crippen LogP contribution in [0.5, 0.6) is 5.75 Å². The summed E-state index contributed by atoms with van der Waals surface area (Å²) in [6.07, 6.45) is 1.34. The Labute approximate surface area is 83.7 Å². The molecular weight excluding hydrogens is 178 g/mol. The van der Waals surface area contributed by atoms with E-state index in [1.54, 1.807) is 0 Å². The average molecular weight is 193 g/mol. The smallest absolute Gasteiger partial charge is 0.120 e. The maximum absolute atomic E-state index is 8.95. The number of rotatable bonds is 3. The molecule has 1 heterocycles. The van der Waals surface area contributed by atoms with Crippen molar-refractivity contribution in [1.29, 1.82) is 0 Å². The van der Waals surface area contributed by atoms with Gasteiger partial charge in [0.1, 0.15) is 11.9 Å². The van der Waals surface area contributed by atoms with Crippen LogP contribution in [0.25, 0.3) is 0 Å². The van der Waals surface area contributed by atoms with Gasteiger partial charge in [-0.15, -0.1) is 0 Å². The molecule has 0 bridgehead atoms. The van der Waals surface area contributed by atoms with Crippen LogP contribution in [-0.4, -0.2) is 24.3 Å². The number of ether oxygens (including phenoxy) is 1. The molecule has 3 nitrogen and oxygen atoms in total. The molecule has 2 N–H and O–H groups in total. The summed E-state index contributed by atoms with van der Waals surface area (Å²) in [7, 11) is 0. The Morgan fingerprint density at radius 1 is 1.50 bits per heavy atom. The van der Waals surface area contributed by atoms with Crippen LogP contribution in [0.15, 0.2) is 24.3 Å². The van der Waals surface area contributed by atoms with Crippen molar-refractivity contribution in [2.75, 3.05) is 13.1 Å². The number of benzene rings is 1. The zero-order valence-electron chi connectivity index (χ0n) is 8.07. The van der Waals surface area contributed by atoms with Gasteiger partial charge in [0.05, 0.1) is 6.61 Å². The molecule has 0 radical (unpaired) electrons. The fraction of sp³-hybridized carbons (Fsp3) is 0.455. The Kier molecular flexibility index (Phi) is 3.01. The minimum Gasteiger partial charge on any atom is -0.489 e. The Morgan fingerprint density at radius 3 is 3.14 bits per heavy atom. The van der Waals surface area contributed by atoms with E-state index >= 15 is 0 Å². The summed E-state index contributed by atoms with van der Waals surface area (Å²) >= 11 is 0. The van der Waals surface area contributed by atoms with Crippen LogP contribution in [0.3, 0.4) is 0 Å². The second kappa shape index (κ2) is 4.44. The lowest BCUT2D eigenvalue weighted by molar-refractivity contribution is 0.221. The van der Waals surface area contributed by atoms with Crippen LogP contribution in [0.4, 0.5) is 0 Å². The lowest BCUT2D eigenvalue weighted by atomic mass is 10.2. The quantitative estimate of drug-likeness (QED) is 0.750. The largest absolute Gasteiger partial charge is 0.489 e. The minimum atomic E-state index is 0.0696. The van der Waals surface area contributed by atoms with E-state index in [4.69, 9.17) is 9.84 Å². The lowest BCUT2D eigenvalue weighted by Crippen LogP contribution is -2.19. The van der Waals surface area contributed by atoms with Gasteiger partial charge in [0.2, 0.25) is 0 Å². The lowest BCUT2D eigenvalue weighted by Gasteiger charge is -2.12. The Bertz CT molecular complexity index is 295. The molecule has 1 fully saturated rings. The monoisotopic (exact) mass is 193 g/mol. The molecule has 0 amide bonds. The van der Waals surface area contributed by atoms with Gasteiger partial charge in [0, 0.05) is 6.54 Å². The standard InChI is InChI=1S/C11H15NO2/c13-8-9-2-1-3-10(6-9)14-11-4-5-12-7-11/h1-3,6,11-13H,4-5,7-8H2/t11-/m1/s1. The first-order valence-electron chi connectivity index (χ1n) is 4.95. The molecule has 76 valence electrons. The first-order valence-corrected chi connectivity index (χ1v) is 4.95. The van der Waals surface area contributed by atoms with Crippen molar-refractivity contribution in [1.82, 2.24) is 5.32 Å². The molecule has 1 aliphatic rings. The van der Waals surface area contributed by atoms with Crippen LogP contribution in [-0.2, 0) is 6.61 Å². The molecule has 2 rings (SSSR count). The second-order valence-electron chi connectivity index (χ2n) is 3.54. The maximum atomic E-state index is 8.95. The first kappa shape index (κ1) is 9.49. The van der Waals surface area contributed by atoms with E-state index in [1.165, 1.54) is 0 Å². The van der Waals surface area contributed by atoms with Crippen molar-refractivity contribution in [2.45, 2.75) is 19.1 Å². The van der Waals surface area contributed by atoms with Crippen LogP contribution in [0.2, 0.25) is 0 Å². The molecule has 1 aliphatic heterocycles. The highest BCUT2D eigenvalue weighted by atomic mass is 16.5. The molecule has 0 saturated carbocycles. The van der Waals surface area contributed by atoms with Crippen LogP contribution in [0.1, 0.15) is 12.0 Å². The molecule has 0 aliphatic carbocycles. The highest BCUT2D eigenvalue weighted by Gasteiger charge is 2.15. The summed E-state index contributed by atoms with van der Waals surface area (Å²) < 4.78 is 5.74. The number of hydrogen-bond acceptors (Lipinski definition) is 3. The second-order valence-corrected chi connectivity index (χ2v) is 3.54.